The highest BCUT2D eigenvalue weighted by Crippen LogP contribution is 2.30. The normalized spacial score (nSPS) is 24.4. The summed E-state index contributed by atoms with van der Waals surface area (Å²) in [7, 11) is 1.70. The number of anilines is 1. The third-order valence-electron chi connectivity index (χ3n) is 3.93. The maximum atomic E-state index is 5.38. The van der Waals surface area contributed by atoms with E-state index in [-0.39, 0.29) is 0 Å². The summed E-state index contributed by atoms with van der Waals surface area (Å²) >= 11 is 0. The smallest absolute Gasteiger partial charge is 0.160 e. The summed E-state index contributed by atoms with van der Waals surface area (Å²) in [6.45, 7) is 4.37. The molecule has 3 nitrogen and oxygen atoms in total. The van der Waals surface area contributed by atoms with Gasteiger partial charge in [-0.25, -0.2) is 0 Å². The number of methoxy groups -OCH3 is 1. The SMILES string of the molecule is COc1cnc(C)cc1NC1CCCCCC1C. The predicted molar refractivity (Wildman–Crippen MR) is 75.2 cm³/mol. The summed E-state index contributed by atoms with van der Waals surface area (Å²) in [4.78, 5) is 4.28. The molecule has 1 aliphatic carbocycles. The topological polar surface area (TPSA) is 34.1 Å². The number of aryl methyl sites for hydroxylation is 1. The van der Waals surface area contributed by atoms with E-state index in [2.05, 4.69) is 23.3 Å². The zero-order valence-electron chi connectivity index (χ0n) is 11.7. The first kappa shape index (κ1) is 13.2. The molecule has 18 heavy (non-hydrogen) atoms. The van der Waals surface area contributed by atoms with Crippen LogP contribution in [0.5, 0.6) is 5.75 Å². The van der Waals surface area contributed by atoms with Gasteiger partial charge in [-0.15, -0.1) is 0 Å². The Morgan fingerprint density at radius 2 is 2.06 bits per heavy atom. The average molecular weight is 248 g/mol. The first-order valence-corrected chi connectivity index (χ1v) is 6.98. The summed E-state index contributed by atoms with van der Waals surface area (Å²) in [5, 5.41) is 3.67. The predicted octanol–water partition coefficient (Wildman–Crippen LogP) is 3.78. The van der Waals surface area contributed by atoms with Gasteiger partial charge in [0.15, 0.2) is 5.75 Å². The maximum absolute atomic E-state index is 5.38. The number of aromatic nitrogens is 1. The second-order valence-corrected chi connectivity index (χ2v) is 5.39. The van der Waals surface area contributed by atoms with Crippen LogP contribution in [0, 0.1) is 12.8 Å². The molecule has 0 amide bonds. The highest BCUT2D eigenvalue weighted by Gasteiger charge is 2.20. The summed E-state index contributed by atoms with van der Waals surface area (Å²) in [6, 6.07) is 2.64. The first-order valence-electron chi connectivity index (χ1n) is 6.98. The van der Waals surface area contributed by atoms with Crippen molar-refractivity contribution >= 4 is 5.69 Å². The third-order valence-corrected chi connectivity index (χ3v) is 3.93. The lowest BCUT2D eigenvalue weighted by molar-refractivity contribution is 0.410. The van der Waals surface area contributed by atoms with E-state index in [9.17, 15) is 0 Å². The van der Waals surface area contributed by atoms with E-state index in [1.54, 1.807) is 13.3 Å². The molecule has 1 N–H and O–H groups in total. The summed E-state index contributed by atoms with van der Waals surface area (Å²) in [5.41, 5.74) is 2.11. The fraction of sp³-hybridized carbons (Fsp3) is 0.667. The Hall–Kier alpha value is -1.25. The van der Waals surface area contributed by atoms with Crippen LogP contribution in [0.2, 0.25) is 0 Å². The number of nitrogens with zero attached hydrogens (tertiary/aromatic N) is 1. The van der Waals surface area contributed by atoms with Gasteiger partial charge in [0.25, 0.3) is 0 Å². The van der Waals surface area contributed by atoms with Crippen LogP contribution in [0.15, 0.2) is 12.3 Å². The molecule has 3 heteroatoms. The zero-order chi connectivity index (χ0) is 13.0. The number of ether oxygens (including phenoxy) is 1. The van der Waals surface area contributed by atoms with E-state index in [1.807, 2.05) is 6.92 Å². The minimum Gasteiger partial charge on any atom is -0.493 e. The molecule has 1 fully saturated rings. The van der Waals surface area contributed by atoms with Gasteiger partial charge >= 0.3 is 0 Å². The number of rotatable bonds is 3. The van der Waals surface area contributed by atoms with Crippen molar-refractivity contribution in [3.05, 3.63) is 18.0 Å². The van der Waals surface area contributed by atoms with Crippen LogP contribution in [0.25, 0.3) is 0 Å². The van der Waals surface area contributed by atoms with Crippen molar-refractivity contribution in [1.29, 1.82) is 0 Å². The minimum atomic E-state index is 0.559. The molecule has 2 unspecified atom stereocenters. The molecule has 0 spiro atoms. The Morgan fingerprint density at radius 3 is 2.83 bits per heavy atom. The highest BCUT2D eigenvalue weighted by molar-refractivity contribution is 5.56. The van der Waals surface area contributed by atoms with Crippen molar-refractivity contribution in [1.82, 2.24) is 4.98 Å². The molecule has 0 aromatic carbocycles. The van der Waals surface area contributed by atoms with Gasteiger partial charge in [0.2, 0.25) is 0 Å². The number of pyridine rings is 1. The van der Waals surface area contributed by atoms with Gasteiger partial charge in [0.1, 0.15) is 0 Å². The molecule has 1 aliphatic rings. The van der Waals surface area contributed by atoms with Gasteiger partial charge in [-0.05, 0) is 31.7 Å². The van der Waals surface area contributed by atoms with Crippen LogP contribution < -0.4 is 10.1 Å². The monoisotopic (exact) mass is 248 g/mol. The van der Waals surface area contributed by atoms with E-state index in [4.69, 9.17) is 4.74 Å². The molecule has 0 radical (unpaired) electrons. The minimum absolute atomic E-state index is 0.559. The lowest BCUT2D eigenvalue weighted by Gasteiger charge is -2.25. The van der Waals surface area contributed by atoms with Crippen molar-refractivity contribution in [2.75, 3.05) is 12.4 Å². The van der Waals surface area contributed by atoms with Crippen molar-refractivity contribution in [2.45, 2.75) is 52.0 Å². The zero-order valence-corrected chi connectivity index (χ0v) is 11.7. The fourth-order valence-electron chi connectivity index (χ4n) is 2.73. The van der Waals surface area contributed by atoms with Crippen LogP contribution in [0.3, 0.4) is 0 Å². The van der Waals surface area contributed by atoms with Crippen molar-refractivity contribution in [2.24, 2.45) is 5.92 Å². The van der Waals surface area contributed by atoms with E-state index < -0.39 is 0 Å². The summed E-state index contributed by atoms with van der Waals surface area (Å²) < 4.78 is 5.38. The van der Waals surface area contributed by atoms with E-state index in [0.717, 1.165) is 23.0 Å². The van der Waals surface area contributed by atoms with Crippen molar-refractivity contribution < 1.29 is 4.74 Å². The van der Waals surface area contributed by atoms with Crippen molar-refractivity contribution in [3.63, 3.8) is 0 Å². The van der Waals surface area contributed by atoms with Crippen LogP contribution in [0.1, 0.15) is 44.7 Å². The number of hydrogen-bond donors (Lipinski definition) is 1. The molecule has 1 aromatic heterocycles. The Labute approximate surface area is 110 Å². The van der Waals surface area contributed by atoms with Crippen LogP contribution >= 0.6 is 0 Å². The van der Waals surface area contributed by atoms with Gasteiger partial charge in [0, 0.05) is 11.7 Å². The van der Waals surface area contributed by atoms with E-state index in [0.29, 0.717) is 6.04 Å². The largest absolute Gasteiger partial charge is 0.493 e. The molecule has 0 bridgehead atoms. The van der Waals surface area contributed by atoms with Crippen molar-refractivity contribution in [3.8, 4) is 5.75 Å². The van der Waals surface area contributed by atoms with Gasteiger partial charge in [-0.1, -0.05) is 26.2 Å². The summed E-state index contributed by atoms with van der Waals surface area (Å²) in [5.74, 6) is 1.57. The Balaban J connectivity index is 2.13. The van der Waals surface area contributed by atoms with Crippen LogP contribution in [0.4, 0.5) is 5.69 Å². The summed E-state index contributed by atoms with van der Waals surface area (Å²) in [6.07, 6.45) is 8.45. The van der Waals surface area contributed by atoms with Gasteiger partial charge in [-0.3, -0.25) is 4.98 Å². The second-order valence-electron chi connectivity index (χ2n) is 5.39. The molecule has 1 saturated carbocycles. The Morgan fingerprint density at radius 1 is 1.28 bits per heavy atom. The number of nitrogens with one attached hydrogen (secondary N) is 1. The lowest BCUT2D eigenvalue weighted by atomic mass is 9.96. The van der Waals surface area contributed by atoms with Crippen LogP contribution in [-0.4, -0.2) is 18.1 Å². The molecule has 0 saturated heterocycles. The molecule has 2 rings (SSSR count). The fourth-order valence-corrected chi connectivity index (χ4v) is 2.73. The maximum Gasteiger partial charge on any atom is 0.160 e. The molecular weight excluding hydrogens is 224 g/mol. The van der Waals surface area contributed by atoms with E-state index >= 15 is 0 Å². The van der Waals surface area contributed by atoms with Gasteiger partial charge in [0.05, 0.1) is 19.0 Å². The highest BCUT2D eigenvalue weighted by atomic mass is 16.5. The lowest BCUT2D eigenvalue weighted by Crippen LogP contribution is -2.26. The van der Waals surface area contributed by atoms with Crippen LogP contribution in [-0.2, 0) is 0 Å². The Kier molecular flexibility index (Phi) is 4.45. The van der Waals surface area contributed by atoms with Gasteiger partial charge in [-0.2, -0.15) is 0 Å². The van der Waals surface area contributed by atoms with Gasteiger partial charge < -0.3 is 10.1 Å². The first-order chi connectivity index (χ1) is 8.70. The molecule has 2 atom stereocenters. The average Bonchev–Trinajstić information content (AvgIpc) is 2.55. The molecule has 0 aliphatic heterocycles. The third kappa shape index (κ3) is 3.15. The second kappa shape index (κ2) is 6.07. The molecule has 1 heterocycles. The molecular formula is C15H24N2O. The molecule has 1 aromatic rings. The standard InChI is InChI=1S/C15H24N2O/c1-11-7-5-4-6-8-13(11)17-14-9-12(2)16-10-15(14)18-3/h9-11,13H,4-8H2,1-3H3,(H,16,17). The quantitative estimate of drug-likeness (QED) is 0.827. The Bertz CT molecular complexity index is 392. The number of hydrogen-bond acceptors (Lipinski definition) is 3. The molecule has 100 valence electrons. The van der Waals surface area contributed by atoms with E-state index in [1.165, 1.54) is 32.1 Å².